The minimum Gasteiger partial charge on any atom is -0.299 e. The zero-order valence-electron chi connectivity index (χ0n) is 14.3. The van der Waals surface area contributed by atoms with Gasteiger partial charge < -0.3 is 0 Å². The highest BCUT2D eigenvalue weighted by Gasteiger charge is 2.52. The molecule has 0 saturated heterocycles. The third-order valence-electron chi connectivity index (χ3n) is 6.46. The van der Waals surface area contributed by atoms with Crippen LogP contribution in [-0.4, -0.2) is 10.8 Å². The summed E-state index contributed by atoms with van der Waals surface area (Å²) in [5.41, 5.74) is 0.208. The number of hydrogen-bond donors (Lipinski definition) is 0. The van der Waals surface area contributed by atoms with Gasteiger partial charge in [0.1, 0.15) is 10.8 Å². The van der Waals surface area contributed by atoms with Gasteiger partial charge in [-0.05, 0) is 55.8 Å². The van der Waals surface area contributed by atoms with Gasteiger partial charge >= 0.3 is 0 Å². The lowest BCUT2D eigenvalue weighted by molar-refractivity contribution is -0.130. The van der Waals surface area contributed by atoms with Crippen molar-refractivity contribution in [3.63, 3.8) is 0 Å². The first-order valence-electron chi connectivity index (χ1n) is 9.08. The summed E-state index contributed by atoms with van der Waals surface area (Å²) in [6, 6.07) is 0. The van der Waals surface area contributed by atoms with E-state index in [1.165, 1.54) is 24.2 Å². The summed E-state index contributed by atoms with van der Waals surface area (Å²) in [4.78, 5) is 16.3. The van der Waals surface area contributed by atoms with Gasteiger partial charge in [-0.3, -0.25) is 4.79 Å². The molecule has 2 unspecified atom stereocenters. The topological polar surface area (TPSA) is 30.0 Å². The average molecular weight is 338 g/mol. The number of alkyl halides is 1. The van der Waals surface area contributed by atoms with Crippen LogP contribution in [0.5, 0.6) is 0 Å². The number of halogens is 1. The molecule has 2 aliphatic carbocycles. The van der Waals surface area contributed by atoms with Crippen LogP contribution in [0.3, 0.4) is 0 Å². The quantitative estimate of drug-likeness (QED) is 0.662. The predicted octanol–water partition coefficient (Wildman–Crippen LogP) is 5.75. The van der Waals surface area contributed by atoms with E-state index in [0.717, 1.165) is 32.1 Å². The van der Waals surface area contributed by atoms with Gasteiger partial charge in [-0.1, -0.05) is 20.3 Å². The molecule has 4 heteroatoms. The molecule has 2 saturated carbocycles. The van der Waals surface area contributed by atoms with Gasteiger partial charge in [-0.2, -0.15) is 0 Å². The van der Waals surface area contributed by atoms with Crippen molar-refractivity contribution in [2.24, 2.45) is 23.2 Å². The molecule has 0 aromatic carbocycles. The first kappa shape index (κ1) is 17.1. The van der Waals surface area contributed by atoms with Crippen molar-refractivity contribution in [1.29, 1.82) is 0 Å². The van der Waals surface area contributed by atoms with Crippen LogP contribution in [0.4, 0.5) is 4.39 Å². The lowest BCUT2D eigenvalue weighted by Gasteiger charge is -2.42. The molecule has 5 atom stereocenters. The molecule has 1 aromatic rings. The van der Waals surface area contributed by atoms with E-state index in [1.807, 2.05) is 5.38 Å². The number of hydrogen-bond acceptors (Lipinski definition) is 3. The van der Waals surface area contributed by atoms with Gasteiger partial charge in [-0.15, -0.1) is 11.3 Å². The Morgan fingerprint density at radius 3 is 3.00 bits per heavy atom. The van der Waals surface area contributed by atoms with Crippen molar-refractivity contribution < 1.29 is 9.18 Å². The van der Waals surface area contributed by atoms with Crippen molar-refractivity contribution in [2.75, 3.05) is 0 Å². The average Bonchev–Trinajstić information content (AvgIpc) is 3.14. The second kappa shape index (κ2) is 7.00. The molecule has 3 rings (SSSR count). The highest BCUT2D eigenvalue weighted by molar-refractivity contribution is 7.09. The number of Topliss-reactive ketones (excluding diaryl/α,β-unsaturated/α-hetero) is 1. The van der Waals surface area contributed by atoms with Gasteiger partial charge in [0.05, 0.1) is 0 Å². The third kappa shape index (κ3) is 3.38. The van der Waals surface area contributed by atoms with Crippen LogP contribution >= 0.6 is 11.3 Å². The zero-order valence-corrected chi connectivity index (χ0v) is 15.1. The van der Waals surface area contributed by atoms with E-state index in [0.29, 0.717) is 35.0 Å². The normalized spacial score (nSPS) is 33.4. The second-order valence-corrected chi connectivity index (χ2v) is 8.73. The standard InChI is InChI=1S/C19H28FNOS/c1-13(5-3-6-16(20)18-21-11-12-23-18)14-8-9-15-17(22)7-4-10-19(14,15)2/h11-16H,3-10H2,1-2H3/t13?,14-,15+,16?,19-/m1/s1. The van der Waals surface area contributed by atoms with E-state index < -0.39 is 6.17 Å². The monoisotopic (exact) mass is 337 g/mol. The minimum atomic E-state index is -0.912. The molecule has 0 radical (unpaired) electrons. The summed E-state index contributed by atoms with van der Waals surface area (Å²) >= 11 is 1.41. The Labute approximate surface area is 142 Å². The fraction of sp³-hybridized carbons (Fsp3) is 0.789. The summed E-state index contributed by atoms with van der Waals surface area (Å²) in [7, 11) is 0. The molecular weight excluding hydrogens is 309 g/mol. The van der Waals surface area contributed by atoms with Crippen LogP contribution in [0.25, 0.3) is 0 Å². The third-order valence-corrected chi connectivity index (χ3v) is 7.32. The van der Waals surface area contributed by atoms with E-state index in [-0.39, 0.29) is 5.41 Å². The first-order valence-corrected chi connectivity index (χ1v) is 9.96. The Morgan fingerprint density at radius 1 is 1.43 bits per heavy atom. The van der Waals surface area contributed by atoms with Crippen LogP contribution in [0.1, 0.15) is 76.4 Å². The number of carbonyl (C=O) groups is 1. The van der Waals surface area contributed by atoms with Crippen molar-refractivity contribution in [3.05, 3.63) is 16.6 Å². The van der Waals surface area contributed by atoms with Crippen molar-refractivity contribution >= 4 is 17.1 Å². The molecule has 0 amide bonds. The number of carbonyl (C=O) groups excluding carboxylic acids is 1. The number of fused-ring (bicyclic) bond motifs is 1. The van der Waals surface area contributed by atoms with E-state index in [1.54, 1.807) is 6.20 Å². The van der Waals surface area contributed by atoms with E-state index in [2.05, 4.69) is 18.8 Å². The van der Waals surface area contributed by atoms with E-state index in [9.17, 15) is 9.18 Å². The fourth-order valence-corrected chi connectivity index (χ4v) is 5.89. The van der Waals surface area contributed by atoms with Crippen molar-refractivity contribution in [1.82, 2.24) is 4.98 Å². The van der Waals surface area contributed by atoms with E-state index in [4.69, 9.17) is 0 Å². The Bertz CT molecular complexity index is 531. The van der Waals surface area contributed by atoms with Gasteiger partial charge in [0.15, 0.2) is 6.17 Å². The molecule has 1 heterocycles. The Morgan fingerprint density at radius 2 is 2.26 bits per heavy atom. The molecule has 0 N–H and O–H groups in total. The van der Waals surface area contributed by atoms with Gasteiger partial charge in [0.2, 0.25) is 0 Å². The number of thiazole rings is 1. The van der Waals surface area contributed by atoms with Gasteiger partial charge in [0.25, 0.3) is 0 Å². The highest BCUT2D eigenvalue weighted by Crippen LogP contribution is 2.57. The first-order chi connectivity index (χ1) is 11.0. The smallest absolute Gasteiger partial charge is 0.151 e. The van der Waals surface area contributed by atoms with Gasteiger partial charge in [0, 0.05) is 23.9 Å². The highest BCUT2D eigenvalue weighted by atomic mass is 32.1. The number of aromatic nitrogens is 1. The lowest BCUT2D eigenvalue weighted by Crippen LogP contribution is -2.39. The molecule has 0 bridgehead atoms. The molecule has 2 nitrogen and oxygen atoms in total. The SMILES string of the molecule is CC(CCCC(F)c1nccs1)[C@H]1CC[C@H]2C(=O)CCC[C@]12C. The van der Waals surface area contributed by atoms with Gasteiger partial charge in [-0.25, -0.2) is 9.37 Å². The molecule has 1 aromatic heterocycles. The largest absolute Gasteiger partial charge is 0.299 e. The Kier molecular flexibility index (Phi) is 5.19. The maximum Gasteiger partial charge on any atom is 0.151 e. The number of nitrogens with zero attached hydrogens (tertiary/aromatic N) is 1. The van der Waals surface area contributed by atoms with Crippen LogP contribution in [0.2, 0.25) is 0 Å². The molecular formula is C19H28FNOS. The maximum atomic E-state index is 14.1. The Balaban J connectivity index is 1.52. The van der Waals surface area contributed by atoms with Crippen molar-refractivity contribution in [3.8, 4) is 0 Å². The number of ketones is 1. The molecule has 2 fully saturated rings. The summed E-state index contributed by atoms with van der Waals surface area (Å²) in [6.45, 7) is 4.66. The summed E-state index contributed by atoms with van der Waals surface area (Å²) in [5, 5.41) is 2.45. The predicted molar refractivity (Wildman–Crippen MR) is 92.2 cm³/mol. The molecule has 128 valence electrons. The molecule has 0 spiro atoms. The molecule has 23 heavy (non-hydrogen) atoms. The fourth-order valence-electron chi connectivity index (χ4n) is 5.24. The van der Waals surface area contributed by atoms with Crippen LogP contribution < -0.4 is 0 Å². The lowest BCUT2D eigenvalue weighted by atomic mass is 9.62. The summed E-state index contributed by atoms with van der Waals surface area (Å²) < 4.78 is 14.1. The Hall–Kier alpha value is -0.770. The molecule has 0 aliphatic heterocycles. The zero-order chi connectivity index (χ0) is 16.4. The summed E-state index contributed by atoms with van der Waals surface area (Å²) in [6.07, 6.45) is 8.62. The van der Waals surface area contributed by atoms with Crippen LogP contribution in [0.15, 0.2) is 11.6 Å². The number of rotatable bonds is 6. The summed E-state index contributed by atoms with van der Waals surface area (Å²) in [5.74, 6) is 2.02. The van der Waals surface area contributed by atoms with Crippen LogP contribution in [-0.2, 0) is 4.79 Å². The second-order valence-electron chi connectivity index (χ2n) is 7.81. The van der Waals surface area contributed by atoms with Crippen molar-refractivity contribution in [2.45, 2.75) is 71.4 Å². The van der Waals surface area contributed by atoms with E-state index >= 15 is 0 Å². The minimum absolute atomic E-state index is 0.208. The molecule has 2 aliphatic rings. The maximum absolute atomic E-state index is 14.1. The van der Waals surface area contributed by atoms with Crippen LogP contribution in [0, 0.1) is 23.2 Å².